The molecule has 3 nitrogen and oxygen atoms in total. The lowest BCUT2D eigenvalue weighted by Crippen LogP contribution is -2.05. The molecule has 96 valence electrons. The molecular formula is C14H9BrO3S. The summed E-state index contributed by atoms with van der Waals surface area (Å²) >= 11 is 4.77. The van der Waals surface area contributed by atoms with Crippen LogP contribution in [0.25, 0.3) is 6.08 Å². The molecule has 0 bridgehead atoms. The molecule has 1 aromatic carbocycles. The summed E-state index contributed by atoms with van der Waals surface area (Å²) in [6.45, 7) is 0. The van der Waals surface area contributed by atoms with E-state index in [-0.39, 0.29) is 5.75 Å². The summed E-state index contributed by atoms with van der Waals surface area (Å²) in [5, 5.41) is 1.92. The quantitative estimate of drug-likeness (QED) is 0.367. The topological polar surface area (TPSA) is 43.4 Å². The van der Waals surface area contributed by atoms with Gasteiger partial charge in [-0.2, -0.15) is 0 Å². The van der Waals surface area contributed by atoms with Crippen molar-refractivity contribution in [2.45, 2.75) is 0 Å². The van der Waals surface area contributed by atoms with E-state index in [9.17, 15) is 9.59 Å². The molecule has 0 aliphatic carbocycles. The smallest absolute Gasteiger partial charge is 0.336 e. The fourth-order valence-corrected chi connectivity index (χ4v) is 2.38. The van der Waals surface area contributed by atoms with Crippen molar-refractivity contribution in [1.82, 2.24) is 0 Å². The van der Waals surface area contributed by atoms with E-state index in [1.807, 2.05) is 17.5 Å². The van der Waals surface area contributed by atoms with Crippen molar-refractivity contribution in [2.75, 3.05) is 0 Å². The minimum Gasteiger partial charge on any atom is -0.423 e. The molecule has 0 radical (unpaired) electrons. The van der Waals surface area contributed by atoms with Crippen LogP contribution in [-0.2, 0) is 4.79 Å². The molecule has 0 amide bonds. The van der Waals surface area contributed by atoms with Crippen molar-refractivity contribution in [3.05, 3.63) is 56.7 Å². The fourth-order valence-electron chi connectivity index (χ4n) is 1.38. The lowest BCUT2D eigenvalue weighted by Gasteiger charge is -2.04. The number of hydrogen-bond donors (Lipinski definition) is 0. The Morgan fingerprint density at radius 3 is 2.84 bits per heavy atom. The third kappa shape index (κ3) is 3.87. The van der Waals surface area contributed by atoms with Gasteiger partial charge in [0.15, 0.2) is 6.29 Å². The number of halogens is 1. The van der Waals surface area contributed by atoms with Crippen molar-refractivity contribution in [3.63, 3.8) is 0 Å². The molecule has 0 saturated heterocycles. The van der Waals surface area contributed by atoms with Gasteiger partial charge in [0.05, 0.1) is 5.56 Å². The predicted molar refractivity (Wildman–Crippen MR) is 78.5 cm³/mol. The fraction of sp³-hybridized carbons (Fsp3) is 0. The number of benzene rings is 1. The van der Waals surface area contributed by atoms with Gasteiger partial charge in [0.1, 0.15) is 5.75 Å². The minimum atomic E-state index is -0.515. The molecule has 2 rings (SSSR count). The summed E-state index contributed by atoms with van der Waals surface area (Å²) in [7, 11) is 0. The second-order valence-electron chi connectivity index (χ2n) is 3.57. The number of hydrogen-bond acceptors (Lipinski definition) is 4. The first kappa shape index (κ1) is 13.7. The molecule has 0 N–H and O–H groups in total. The third-order valence-electron chi connectivity index (χ3n) is 2.24. The van der Waals surface area contributed by atoms with Crippen molar-refractivity contribution in [2.24, 2.45) is 0 Å². The van der Waals surface area contributed by atoms with Gasteiger partial charge < -0.3 is 4.74 Å². The zero-order chi connectivity index (χ0) is 13.7. The number of ether oxygens (including phenoxy) is 1. The molecule has 0 aliphatic heterocycles. The molecule has 0 aliphatic rings. The van der Waals surface area contributed by atoms with Crippen LogP contribution in [0.1, 0.15) is 15.2 Å². The van der Waals surface area contributed by atoms with Gasteiger partial charge in [-0.15, -0.1) is 11.3 Å². The third-order valence-corrected chi connectivity index (χ3v) is 3.57. The van der Waals surface area contributed by atoms with Gasteiger partial charge >= 0.3 is 5.97 Å². The highest BCUT2D eigenvalue weighted by Gasteiger charge is 2.07. The molecular weight excluding hydrogens is 328 g/mol. The standard InChI is InChI=1S/C14H9BrO3S/c15-11-3-5-13(10(8-11)9-16)18-14(17)6-4-12-2-1-7-19-12/h1-9H. The van der Waals surface area contributed by atoms with E-state index >= 15 is 0 Å². The van der Waals surface area contributed by atoms with E-state index in [1.54, 1.807) is 24.3 Å². The minimum absolute atomic E-state index is 0.249. The van der Waals surface area contributed by atoms with E-state index in [1.165, 1.54) is 17.4 Å². The Hall–Kier alpha value is -1.72. The van der Waals surface area contributed by atoms with Crippen molar-refractivity contribution < 1.29 is 14.3 Å². The molecule has 1 heterocycles. The first-order valence-electron chi connectivity index (χ1n) is 5.37. The van der Waals surface area contributed by atoms with Crippen LogP contribution in [0.4, 0.5) is 0 Å². The van der Waals surface area contributed by atoms with Gasteiger partial charge in [0.2, 0.25) is 0 Å². The zero-order valence-corrected chi connectivity index (χ0v) is 12.1. The monoisotopic (exact) mass is 336 g/mol. The summed E-state index contributed by atoms with van der Waals surface area (Å²) in [4.78, 5) is 23.5. The van der Waals surface area contributed by atoms with Crippen molar-refractivity contribution >= 4 is 45.6 Å². The molecule has 0 saturated carbocycles. The molecule has 1 aromatic heterocycles. The van der Waals surface area contributed by atoms with Gasteiger partial charge in [0.25, 0.3) is 0 Å². The Morgan fingerprint density at radius 1 is 1.32 bits per heavy atom. The number of esters is 1. The number of carbonyl (C=O) groups is 2. The molecule has 0 unspecified atom stereocenters. The molecule has 0 atom stereocenters. The molecule has 0 fully saturated rings. The van der Waals surface area contributed by atoms with Crippen LogP contribution < -0.4 is 4.74 Å². The molecule has 2 aromatic rings. The number of carbonyl (C=O) groups excluding carboxylic acids is 2. The van der Waals surface area contributed by atoms with Crippen LogP contribution in [0.5, 0.6) is 5.75 Å². The summed E-state index contributed by atoms with van der Waals surface area (Å²) in [6.07, 6.45) is 3.66. The Balaban J connectivity index is 2.09. The van der Waals surface area contributed by atoms with Gasteiger partial charge in [0, 0.05) is 15.4 Å². The first-order chi connectivity index (χ1) is 9.19. The van der Waals surface area contributed by atoms with Crippen LogP contribution in [0.15, 0.2) is 46.3 Å². The molecule has 5 heteroatoms. The molecule has 0 spiro atoms. The second-order valence-corrected chi connectivity index (χ2v) is 5.46. The maximum atomic E-state index is 11.6. The highest BCUT2D eigenvalue weighted by molar-refractivity contribution is 9.10. The van der Waals surface area contributed by atoms with Crippen molar-refractivity contribution in [1.29, 1.82) is 0 Å². The summed E-state index contributed by atoms with van der Waals surface area (Å²) in [6, 6.07) is 8.67. The number of aldehydes is 1. The lowest BCUT2D eigenvalue weighted by atomic mass is 10.2. The Labute approximate surface area is 122 Å². The van der Waals surface area contributed by atoms with E-state index in [2.05, 4.69) is 15.9 Å². The first-order valence-corrected chi connectivity index (χ1v) is 7.04. The summed E-state index contributed by atoms with van der Waals surface area (Å²) in [5.74, 6) is -0.266. The number of thiophene rings is 1. The Kier molecular flexibility index (Phi) is 4.65. The Morgan fingerprint density at radius 2 is 2.16 bits per heavy atom. The van der Waals surface area contributed by atoms with Crippen LogP contribution in [-0.4, -0.2) is 12.3 Å². The van der Waals surface area contributed by atoms with Crippen LogP contribution in [0, 0.1) is 0 Å². The van der Waals surface area contributed by atoms with Gasteiger partial charge in [-0.1, -0.05) is 22.0 Å². The average molecular weight is 337 g/mol. The highest BCUT2D eigenvalue weighted by atomic mass is 79.9. The highest BCUT2D eigenvalue weighted by Crippen LogP contribution is 2.22. The second kappa shape index (κ2) is 6.45. The normalized spacial score (nSPS) is 10.6. The summed E-state index contributed by atoms with van der Waals surface area (Å²) < 4.78 is 5.87. The van der Waals surface area contributed by atoms with E-state index < -0.39 is 5.97 Å². The van der Waals surface area contributed by atoms with Crippen LogP contribution in [0.2, 0.25) is 0 Å². The van der Waals surface area contributed by atoms with Crippen molar-refractivity contribution in [3.8, 4) is 5.75 Å². The van der Waals surface area contributed by atoms with E-state index in [0.29, 0.717) is 11.8 Å². The SMILES string of the molecule is O=Cc1cc(Br)ccc1OC(=O)C=Cc1cccs1. The zero-order valence-electron chi connectivity index (χ0n) is 9.71. The largest absolute Gasteiger partial charge is 0.423 e. The lowest BCUT2D eigenvalue weighted by molar-refractivity contribution is -0.128. The van der Waals surface area contributed by atoms with E-state index in [0.717, 1.165) is 9.35 Å². The van der Waals surface area contributed by atoms with Gasteiger partial charge in [-0.25, -0.2) is 4.79 Å². The van der Waals surface area contributed by atoms with Gasteiger partial charge in [-0.3, -0.25) is 4.79 Å². The van der Waals surface area contributed by atoms with Gasteiger partial charge in [-0.05, 0) is 35.7 Å². The average Bonchev–Trinajstić information content (AvgIpc) is 2.91. The predicted octanol–water partition coefficient (Wildman–Crippen LogP) is 3.94. The maximum absolute atomic E-state index is 11.6. The van der Waals surface area contributed by atoms with Crippen LogP contribution in [0.3, 0.4) is 0 Å². The summed E-state index contributed by atoms with van der Waals surface area (Å²) in [5.41, 5.74) is 0.326. The van der Waals surface area contributed by atoms with Crippen LogP contribution >= 0.6 is 27.3 Å². The van der Waals surface area contributed by atoms with E-state index in [4.69, 9.17) is 4.74 Å². The maximum Gasteiger partial charge on any atom is 0.336 e. The number of rotatable bonds is 4. The molecule has 19 heavy (non-hydrogen) atoms. The Bertz CT molecular complexity index is 618.